The number of benzene rings is 2. The van der Waals surface area contributed by atoms with Gasteiger partial charge in [0.05, 0.1) is 34.5 Å². The van der Waals surface area contributed by atoms with E-state index in [0.29, 0.717) is 38.2 Å². The van der Waals surface area contributed by atoms with E-state index >= 15 is 0 Å². The van der Waals surface area contributed by atoms with Crippen LogP contribution in [-0.4, -0.2) is 62.2 Å². The number of likely N-dealkylation sites (N-methyl/N-ethyl adjacent to an activating group) is 1. The average Bonchev–Trinajstić information content (AvgIpc) is 3.41. The molecule has 2 aliphatic rings. The molecular formula is C32H34F3N5O2. The SMILES string of the molecule is COCc1ccccc1-c1ccc(C2(C(=O)N[C@@H]3CCN(C)C3)CCN(c3ccc(C(F)(F)F)cc3C#N)CC2)cn1. The molecule has 2 fully saturated rings. The van der Waals surface area contributed by atoms with Gasteiger partial charge in [0.15, 0.2) is 0 Å². The third-order valence-corrected chi connectivity index (χ3v) is 8.47. The Labute approximate surface area is 243 Å². The standard InChI is InChI=1S/C32H34F3N5O2/c1-39-14-11-26(20-39)38-30(41)31(25-7-9-28(37-19-25)27-6-4-3-5-22(27)21-42-2)12-15-40(16-13-31)29-10-8-24(32(33,34)35)17-23(29)18-36/h3-10,17,19,26H,11-16,20-21H2,1-2H3,(H,38,41)/t26-/m1/s1. The lowest BCUT2D eigenvalue weighted by Gasteiger charge is -2.42. The number of hydrogen-bond donors (Lipinski definition) is 1. The summed E-state index contributed by atoms with van der Waals surface area (Å²) in [4.78, 5) is 22.9. The molecule has 2 aromatic carbocycles. The van der Waals surface area contributed by atoms with Crippen LogP contribution in [0.2, 0.25) is 0 Å². The molecule has 2 aliphatic heterocycles. The van der Waals surface area contributed by atoms with Crippen molar-refractivity contribution in [2.75, 3.05) is 45.2 Å². The molecule has 1 amide bonds. The summed E-state index contributed by atoms with van der Waals surface area (Å²) in [6.07, 6.45) is -1.04. The molecule has 1 N–H and O–H groups in total. The van der Waals surface area contributed by atoms with Gasteiger partial charge in [-0.25, -0.2) is 0 Å². The second kappa shape index (κ2) is 12.1. The highest BCUT2D eigenvalue weighted by atomic mass is 19.4. The number of pyridine rings is 1. The number of nitriles is 1. The van der Waals surface area contributed by atoms with E-state index in [0.717, 1.165) is 54.0 Å². The molecule has 0 bridgehead atoms. The maximum Gasteiger partial charge on any atom is 0.416 e. The van der Waals surface area contributed by atoms with Crippen molar-refractivity contribution in [1.82, 2.24) is 15.2 Å². The summed E-state index contributed by atoms with van der Waals surface area (Å²) in [6.45, 7) is 2.94. The van der Waals surface area contributed by atoms with Crippen molar-refractivity contribution < 1.29 is 22.7 Å². The average molecular weight is 578 g/mol. The molecule has 0 spiro atoms. The Kier molecular flexibility index (Phi) is 8.53. The number of alkyl halides is 3. The number of rotatable bonds is 7. The summed E-state index contributed by atoms with van der Waals surface area (Å²) in [5.41, 5.74) is 2.24. The quantitative estimate of drug-likeness (QED) is 0.419. The van der Waals surface area contributed by atoms with Gasteiger partial charge in [0, 0.05) is 44.5 Å². The van der Waals surface area contributed by atoms with Gasteiger partial charge in [0.25, 0.3) is 0 Å². The van der Waals surface area contributed by atoms with Crippen LogP contribution >= 0.6 is 0 Å². The number of amides is 1. The number of anilines is 1. The van der Waals surface area contributed by atoms with Crippen molar-refractivity contribution in [1.29, 1.82) is 5.26 Å². The van der Waals surface area contributed by atoms with Crippen molar-refractivity contribution in [3.63, 3.8) is 0 Å². The van der Waals surface area contributed by atoms with Crippen LogP contribution in [0.1, 0.15) is 41.5 Å². The predicted molar refractivity (Wildman–Crippen MR) is 154 cm³/mol. The minimum atomic E-state index is -4.53. The largest absolute Gasteiger partial charge is 0.416 e. The van der Waals surface area contributed by atoms with Gasteiger partial charge < -0.3 is 19.9 Å². The van der Waals surface area contributed by atoms with Gasteiger partial charge >= 0.3 is 6.18 Å². The zero-order valence-corrected chi connectivity index (χ0v) is 23.7. The van der Waals surface area contributed by atoms with Gasteiger partial charge in [-0.3, -0.25) is 9.78 Å². The van der Waals surface area contributed by atoms with E-state index in [9.17, 15) is 23.2 Å². The van der Waals surface area contributed by atoms with Crippen molar-refractivity contribution in [3.8, 4) is 17.3 Å². The van der Waals surface area contributed by atoms with Crippen molar-refractivity contribution in [2.24, 2.45) is 0 Å². The van der Waals surface area contributed by atoms with E-state index in [2.05, 4.69) is 10.2 Å². The van der Waals surface area contributed by atoms with Crippen LogP contribution in [0.25, 0.3) is 11.3 Å². The van der Waals surface area contributed by atoms with Gasteiger partial charge in [-0.2, -0.15) is 18.4 Å². The van der Waals surface area contributed by atoms with Crippen LogP contribution in [0.4, 0.5) is 18.9 Å². The topological polar surface area (TPSA) is 81.5 Å². The first kappa shape index (κ1) is 29.5. The van der Waals surface area contributed by atoms with E-state index < -0.39 is 17.2 Å². The van der Waals surface area contributed by atoms with Crippen LogP contribution in [-0.2, 0) is 27.7 Å². The van der Waals surface area contributed by atoms with Crippen LogP contribution in [0.3, 0.4) is 0 Å². The molecule has 1 aromatic heterocycles. The number of methoxy groups -OCH3 is 1. The maximum atomic E-state index is 14.0. The summed E-state index contributed by atoms with van der Waals surface area (Å²) in [7, 11) is 3.68. The smallest absolute Gasteiger partial charge is 0.380 e. The fraction of sp³-hybridized carbons (Fsp3) is 0.406. The molecule has 0 radical (unpaired) electrons. The molecule has 10 heteroatoms. The number of nitrogens with one attached hydrogen (secondary N) is 1. The van der Waals surface area contributed by atoms with Gasteiger partial charge in [-0.1, -0.05) is 30.3 Å². The number of piperidine rings is 1. The highest BCUT2D eigenvalue weighted by Gasteiger charge is 2.44. The monoisotopic (exact) mass is 577 g/mol. The number of ether oxygens (including phenoxy) is 1. The number of hydrogen-bond acceptors (Lipinski definition) is 6. The molecule has 2 saturated heterocycles. The predicted octanol–water partition coefficient (Wildman–Crippen LogP) is 5.14. The fourth-order valence-corrected chi connectivity index (χ4v) is 6.12. The Balaban J connectivity index is 1.44. The highest BCUT2D eigenvalue weighted by Crippen LogP contribution is 2.40. The normalized spacial score (nSPS) is 19.0. The van der Waals surface area contributed by atoms with Crippen LogP contribution in [0.5, 0.6) is 0 Å². The van der Waals surface area contributed by atoms with Gasteiger partial charge in [0.1, 0.15) is 6.07 Å². The second-order valence-electron chi connectivity index (χ2n) is 11.2. The summed E-state index contributed by atoms with van der Waals surface area (Å²) in [6, 6.07) is 17.0. The molecule has 7 nitrogen and oxygen atoms in total. The summed E-state index contributed by atoms with van der Waals surface area (Å²) in [5, 5.41) is 12.9. The van der Waals surface area contributed by atoms with Crippen molar-refractivity contribution in [2.45, 2.75) is 43.5 Å². The Hall–Kier alpha value is -3.94. The molecule has 5 rings (SSSR count). The van der Waals surface area contributed by atoms with E-state index in [1.165, 1.54) is 6.07 Å². The van der Waals surface area contributed by atoms with E-state index in [-0.39, 0.29) is 17.5 Å². The summed E-state index contributed by atoms with van der Waals surface area (Å²) in [5.74, 6) is -0.0651. The van der Waals surface area contributed by atoms with Crippen LogP contribution in [0.15, 0.2) is 60.8 Å². The lowest BCUT2D eigenvalue weighted by Crippen LogP contribution is -2.54. The van der Waals surface area contributed by atoms with Gasteiger partial charge in [-0.05, 0) is 68.2 Å². The minimum absolute atomic E-state index is 0.0310. The number of nitrogens with zero attached hydrogens (tertiary/aromatic N) is 4. The third-order valence-electron chi connectivity index (χ3n) is 8.47. The highest BCUT2D eigenvalue weighted by molar-refractivity contribution is 5.89. The third kappa shape index (κ3) is 5.98. The molecular weight excluding hydrogens is 543 g/mol. The molecule has 1 atom stereocenters. The first-order chi connectivity index (χ1) is 20.1. The Morgan fingerprint density at radius 3 is 2.52 bits per heavy atom. The molecule has 0 aliphatic carbocycles. The lowest BCUT2D eigenvalue weighted by atomic mass is 9.72. The first-order valence-corrected chi connectivity index (χ1v) is 14.0. The Morgan fingerprint density at radius 2 is 1.90 bits per heavy atom. The number of halogens is 3. The molecule has 0 saturated carbocycles. The first-order valence-electron chi connectivity index (χ1n) is 14.0. The number of carbonyl (C=O) groups is 1. The molecule has 3 aromatic rings. The zero-order chi connectivity index (χ0) is 29.9. The maximum absolute atomic E-state index is 14.0. The van der Waals surface area contributed by atoms with Crippen molar-refractivity contribution in [3.05, 3.63) is 83.0 Å². The molecule has 0 unspecified atom stereocenters. The van der Waals surface area contributed by atoms with Gasteiger partial charge in [0.2, 0.25) is 5.91 Å². The number of aromatic nitrogens is 1. The second-order valence-corrected chi connectivity index (χ2v) is 11.2. The molecule has 42 heavy (non-hydrogen) atoms. The van der Waals surface area contributed by atoms with E-state index in [4.69, 9.17) is 9.72 Å². The minimum Gasteiger partial charge on any atom is -0.380 e. The fourth-order valence-electron chi connectivity index (χ4n) is 6.12. The summed E-state index contributed by atoms with van der Waals surface area (Å²) >= 11 is 0. The Morgan fingerprint density at radius 1 is 1.14 bits per heavy atom. The molecule has 220 valence electrons. The van der Waals surface area contributed by atoms with E-state index in [1.54, 1.807) is 13.3 Å². The summed E-state index contributed by atoms with van der Waals surface area (Å²) < 4.78 is 45.1. The van der Waals surface area contributed by atoms with Gasteiger partial charge in [-0.15, -0.1) is 0 Å². The number of carbonyl (C=O) groups excluding carboxylic acids is 1. The zero-order valence-electron chi connectivity index (χ0n) is 23.7. The van der Waals surface area contributed by atoms with E-state index in [1.807, 2.05) is 54.4 Å². The van der Waals surface area contributed by atoms with Crippen LogP contribution < -0.4 is 10.2 Å². The van der Waals surface area contributed by atoms with Crippen molar-refractivity contribution >= 4 is 11.6 Å². The lowest BCUT2D eigenvalue weighted by molar-refractivity contribution is -0.137. The van der Waals surface area contributed by atoms with Crippen LogP contribution in [0, 0.1) is 11.3 Å². The number of likely N-dealkylation sites (tertiary alicyclic amines) is 1. The molecule has 3 heterocycles. The Bertz CT molecular complexity index is 1460.